The fraction of sp³-hybridized carbons (Fsp3) is 0.444. The Kier molecular flexibility index (Phi) is 5.96. The molecular weight excluding hydrogens is 322 g/mol. The second kappa shape index (κ2) is 8.37. The van der Waals surface area contributed by atoms with Crippen molar-refractivity contribution in [3.05, 3.63) is 51.5 Å². The van der Waals surface area contributed by atoms with Gasteiger partial charge in [0.2, 0.25) is 5.91 Å². The zero-order valence-electron chi connectivity index (χ0n) is 14.0. The highest BCUT2D eigenvalue weighted by Gasteiger charge is 2.13. The van der Waals surface area contributed by atoms with Crippen LogP contribution < -0.4 is 5.32 Å². The average molecular weight is 345 g/mol. The maximum absolute atomic E-state index is 12.1. The smallest absolute Gasteiger partial charge is 0.226 e. The van der Waals surface area contributed by atoms with Crippen molar-refractivity contribution in [2.24, 2.45) is 0 Å². The zero-order chi connectivity index (χ0) is 16.8. The van der Waals surface area contributed by atoms with Crippen LogP contribution >= 0.6 is 11.3 Å². The summed E-state index contributed by atoms with van der Waals surface area (Å²) in [5, 5.41) is 6.02. The van der Waals surface area contributed by atoms with Gasteiger partial charge in [-0.15, -0.1) is 11.3 Å². The molecule has 2 aromatic rings. The molecule has 1 aliphatic heterocycles. The number of hydrogen-bond donors (Lipinski definition) is 1. The standard InChI is InChI=1S/C18H23N3O2S/c1-14-3-2-4-15(9-14)11-19-17(22)10-16-13-24-18(20-16)12-21-5-7-23-8-6-21/h2-4,9,13H,5-8,10-12H2,1H3,(H,19,22). The molecule has 0 unspecified atom stereocenters. The van der Waals surface area contributed by atoms with Crippen LogP contribution in [0.15, 0.2) is 29.6 Å². The number of carbonyl (C=O) groups excluding carboxylic acids is 1. The second-order valence-corrected chi connectivity index (χ2v) is 7.01. The van der Waals surface area contributed by atoms with Crippen LogP contribution in [-0.2, 0) is 29.0 Å². The number of carbonyl (C=O) groups is 1. The quantitative estimate of drug-likeness (QED) is 0.872. The van der Waals surface area contributed by atoms with E-state index in [-0.39, 0.29) is 5.91 Å². The van der Waals surface area contributed by atoms with Crippen molar-refractivity contribution in [2.75, 3.05) is 26.3 Å². The van der Waals surface area contributed by atoms with E-state index in [4.69, 9.17) is 4.74 Å². The number of aromatic nitrogens is 1. The summed E-state index contributed by atoms with van der Waals surface area (Å²) >= 11 is 1.63. The van der Waals surface area contributed by atoms with E-state index in [0.717, 1.165) is 49.1 Å². The number of morpholine rings is 1. The van der Waals surface area contributed by atoms with E-state index in [1.165, 1.54) is 5.56 Å². The van der Waals surface area contributed by atoms with Crippen molar-refractivity contribution in [1.82, 2.24) is 15.2 Å². The van der Waals surface area contributed by atoms with E-state index < -0.39 is 0 Å². The van der Waals surface area contributed by atoms with Gasteiger partial charge in [-0.3, -0.25) is 9.69 Å². The molecule has 1 aliphatic rings. The fourth-order valence-corrected chi connectivity index (χ4v) is 3.54. The van der Waals surface area contributed by atoms with Crippen molar-refractivity contribution in [3.8, 4) is 0 Å². The van der Waals surface area contributed by atoms with Gasteiger partial charge in [0.25, 0.3) is 0 Å². The molecule has 128 valence electrons. The summed E-state index contributed by atoms with van der Waals surface area (Å²) in [6.45, 7) is 6.94. The van der Waals surface area contributed by atoms with Crippen LogP contribution in [0.3, 0.4) is 0 Å². The van der Waals surface area contributed by atoms with Crippen LogP contribution in [0.2, 0.25) is 0 Å². The SMILES string of the molecule is Cc1cccc(CNC(=O)Cc2csc(CN3CCOCC3)n2)c1. The number of benzene rings is 1. The third-order valence-corrected chi connectivity index (χ3v) is 4.86. The first-order valence-corrected chi connectivity index (χ1v) is 9.12. The van der Waals surface area contributed by atoms with Gasteiger partial charge in [-0.1, -0.05) is 29.8 Å². The first-order valence-electron chi connectivity index (χ1n) is 8.25. The summed E-state index contributed by atoms with van der Waals surface area (Å²) in [7, 11) is 0. The van der Waals surface area contributed by atoms with Crippen LogP contribution in [0.4, 0.5) is 0 Å². The zero-order valence-corrected chi connectivity index (χ0v) is 14.8. The number of rotatable bonds is 6. The van der Waals surface area contributed by atoms with E-state index in [1.54, 1.807) is 11.3 Å². The fourth-order valence-electron chi connectivity index (χ4n) is 2.70. The number of nitrogens with one attached hydrogen (secondary N) is 1. The van der Waals surface area contributed by atoms with Gasteiger partial charge in [0.15, 0.2) is 0 Å². The average Bonchev–Trinajstić information content (AvgIpc) is 3.01. The normalized spacial score (nSPS) is 15.4. The lowest BCUT2D eigenvalue weighted by Crippen LogP contribution is -2.35. The molecule has 0 atom stereocenters. The van der Waals surface area contributed by atoms with Gasteiger partial charge < -0.3 is 10.1 Å². The summed E-state index contributed by atoms with van der Waals surface area (Å²) in [5.41, 5.74) is 3.17. The van der Waals surface area contributed by atoms with Gasteiger partial charge in [0.05, 0.1) is 31.9 Å². The Morgan fingerprint density at radius 1 is 1.38 bits per heavy atom. The summed E-state index contributed by atoms with van der Waals surface area (Å²) < 4.78 is 5.35. The summed E-state index contributed by atoms with van der Waals surface area (Å²) in [4.78, 5) is 19.0. The summed E-state index contributed by atoms with van der Waals surface area (Å²) in [6, 6.07) is 8.17. The topological polar surface area (TPSA) is 54.5 Å². The molecule has 1 fully saturated rings. The molecule has 2 heterocycles. The third kappa shape index (κ3) is 5.12. The van der Waals surface area contributed by atoms with Crippen molar-refractivity contribution in [3.63, 3.8) is 0 Å². The predicted octanol–water partition coefficient (Wildman–Crippen LogP) is 2.14. The van der Waals surface area contributed by atoms with Crippen LogP contribution in [0, 0.1) is 6.92 Å². The van der Waals surface area contributed by atoms with Crippen LogP contribution in [0.25, 0.3) is 0 Å². The molecule has 0 radical (unpaired) electrons. The lowest BCUT2D eigenvalue weighted by atomic mass is 10.1. The van der Waals surface area contributed by atoms with Gasteiger partial charge in [-0.2, -0.15) is 0 Å². The molecule has 1 aromatic carbocycles. The Morgan fingerprint density at radius 3 is 3.00 bits per heavy atom. The largest absolute Gasteiger partial charge is 0.379 e. The number of thiazole rings is 1. The lowest BCUT2D eigenvalue weighted by Gasteiger charge is -2.25. The first kappa shape index (κ1) is 17.1. The summed E-state index contributed by atoms with van der Waals surface area (Å²) in [6.07, 6.45) is 0.339. The van der Waals surface area contributed by atoms with Crippen molar-refractivity contribution in [2.45, 2.75) is 26.4 Å². The van der Waals surface area contributed by atoms with E-state index >= 15 is 0 Å². The molecule has 1 aromatic heterocycles. The van der Waals surface area contributed by atoms with Gasteiger partial charge >= 0.3 is 0 Å². The molecule has 0 spiro atoms. The Morgan fingerprint density at radius 2 is 2.21 bits per heavy atom. The van der Waals surface area contributed by atoms with E-state index in [2.05, 4.69) is 34.3 Å². The molecule has 0 aliphatic carbocycles. The van der Waals surface area contributed by atoms with Crippen molar-refractivity contribution < 1.29 is 9.53 Å². The minimum absolute atomic E-state index is 0.0136. The van der Waals surface area contributed by atoms with Gasteiger partial charge in [-0.05, 0) is 12.5 Å². The number of amides is 1. The highest BCUT2D eigenvalue weighted by atomic mass is 32.1. The molecule has 5 nitrogen and oxygen atoms in total. The van der Waals surface area contributed by atoms with Gasteiger partial charge in [0, 0.05) is 25.0 Å². The molecule has 1 saturated heterocycles. The monoisotopic (exact) mass is 345 g/mol. The molecule has 6 heteroatoms. The molecular formula is C18H23N3O2S. The number of ether oxygens (including phenoxy) is 1. The lowest BCUT2D eigenvalue weighted by molar-refractivity contribution is -0.120. The van der Waals surface area contributed by atoms with Crippen LogP contribution in [0.5, 0.6) is 0 Å². The minimum Gasteiger partial charge on any atom is -0.379 e. The molecule has 0 bridgehead atoms. The Labute approximate surface area is 146 Å². The summed E-state index contributed by atoms with van der Waals surface area (Å²) in [5.74, 6) is 0.0136. The first-order chi connectivity index (χ1) is 11.7. The maximum atomic E-state index is 12.1. The highest BCUT2D eigenvalue weighted by Crippen LogP contribution is 2.14. The molecule has 24 heavy (non-hydrogen) atoms. The maximum Gasteiger partial charge on any atom is 0.226 e. The van der Waals surface area contributed by atoms with Crippen molar-refractivity contribution in [1.29, 1.82) is 0 Å². The van der Waals surface area contributed by atoms with Crippen LogP contribution in [0.1, 0.15) is 21.8 Å². The minimum atomic E-state index is 0.0136. The van der Waals surface area contributed by atoms with E-state index in [0.29, 0.717) is 13.0 Å². The van der Waals surface area contributed by atoms with Gasteiger partial charge in [-0.25, -0.2) is 4.98 Å². The number of aryl methyl sites for hydroxylation is 1. The highest BCUT2D eigenvalue weighted by molar-refractivity contribution is 7.09. The van der Waals surface area contributed by atoms with Crippen LogP contribution in [-0.4, -0.2) is 42.1 Å². The predicted molar refractivity (Wildman–Crippen MR) is 94.9 cm³/mol. The Hall–Kier alpha value is -1.76. The van der Waals surface area contributed by atoms with Crippen molar-refractivity contribution >= 4 is 17.2 Å². The number of nitrogens with zero attached hydrogens (tertiary/aromatic N) is 2. The number of hydrogen-bond acceptors (Lipinski definition) is 5. The Bertz CT molecular complexity index is 680. The molecule has 1 N–H and O–H groups in total. The van der Waals surface area contributed by atoms with Gasteiger partial charge in [0.1, 0.15) is 5.01 Å². The molecule has 1 amide bonds. The third-order valence-electron chi connectivity index (χ3n) is 3.98. The Balaban J connectivity index is 1.46. The second-order valence-electron chi connectivity index (χ2n) is 6.06. The van der Waals surface area contributed by atoms with E-state index in [1.807, 2.05) is 17.5 Å². The molecule has 0 saturated carbocycles. The van der Waals surface area contributed by atoms with E-state index in [9.17, 15) is 4.79 Å². The molecule has 3 rings (SSSR count).